The van der Waals surface area contributed by atoms with Gasteiger partial charge in [0.25, 0.3) is 5.91 Å². The second-order valence-corrected chi connectivity index (χ2v) is 4.84. The molecule has 18 heavy (non-hydrogen) atoms. The van der Waals surface area contributed by atoms with Crippen molar-refractivity contribution in [2.75, 3.05) is 33.8 Å². The van der Waals surface area contributed by atoms with E-state index in [0.717, 1.165) is 30.9 Å². The number of carbonyl (C=O) groups is 1. The van der Waals surface area contributed by atoms with E-state index >= 15 is 0 Å². The van der Waals surface area contributed by atoms with E-state index < -0.39 is 0 Å². The Morgan fingerprint density at radius 1 is 1.28 bits per heavy atom. The van der Waals surface area contributed by atoms with Crippen molar-refractivity contribution in [1.29, 1.82) is 0 Å². The van der Waals surface area contributed by atoms with Crippen LogP contribution >= 0.6 is 0 Å². The Labute approximate surface area is 108 Å². The minimum Gasteiger partial charge on any atom is -0.497 e. The highest BCUT2D eigenvalue weighted by Crippen LogP contribution is 2.16. The van der Waals surface area contributed by atoms with Crippen molar-refractivity contribution in [3.05, 3.63) is 29.8 Å². The lowest BCUT2D eigenvalue weighted by Crippen LogP contribution is -2.52. The molecule has 1 unspecified atom stereocenters. The van der Waals surface area contributed by atoms with Gasteiger partial charge < -0.3 is 14.5 Å². The van der Waals surface area contributed by atoms with Crippen LogP contribution in [0.4, 0.5) is 0 Å². The van der Waals surface area contributed by atoms with Crippen LogP contribution in [0.3, 0.4) is 0 Å². The average Bonchev–Trinajstić information content (AvgIpc) is 2.38. The number of rotatable bonds is 2. The first kappa shape index (κ1) is 12.9. The first-order chi connectivity index (χ1) is 8.61. The minimum absolute atomic E-state index is 0.109. The zero-order valence-corrected chi connectivity index (χ0v) is 11.2. The Hall–Kier alpha value is -1.55. The standard InChI is InChI=1S/C14H20N2O2/c1-11-10-15(2)8-9-16(11)14(17)12-4-6-13(18-3)7-5-12/h4-7,11H,8-10H2,1-3H3. The van der Waals surface area contributed by atoms with Crippen molar-refractivity contribution in [3.8, 4) is 5.75 Å². The highest BCUT2D eigenvalue weighted by molar-refractivity contribution is 5.94. The van der Waals surface area contributed by atoms with Crippen LogP contribution in [0.25, 0.3) is 0 Å². The first-order valence-corrected chi connectivity index (χ1v) is 6.25. The summed E-state index contributed by atoms with van der Waals surface area (Å²) in [7, 11) is 3.71. The van der Waals surface area contributed by atoms with Crippen LogP contribution in [0.1, 0.15) is 17.3 Å². The van der Waals surface area contributed by atoms with Crippen molar-refractivity contribution in [1.82, 2.24) is 9.80 Å². The maximum atomic E-state index is 12.4. The van der Waals surface area contributed by atoms with Gasteiger partial charge in [-0.15, -0.1) is 0 Å². The molecule has 0 aliphatic carbocycles. The van der Waals surface area contributed by atoms with Crippen molar-refractivity contribution in [2.24, 2.45) is 0 Å². The fraction of sp³-hybridized carbons (Fsp3) is 0.500. The summed E-state index contributed by atoms with van der Waals surface area (Å²) in [5, 5.41) is 0. The zero-order valence-electron chi connectivity index (χ0n) is 11.2. The molecule has 1 fully saturated rings. The van der Waals surface area contributed by atoms with E-state index in [0.29, 0.717) is 0 Å². The molecule has 0 saturated carbocycles. The van der Waals surface area contributed by atoms with E-state index in [2.05, 4.69) is 18.9 Å². The summed E-state index contributed by atoms with van der Waals surface area (Å²) in [6.45, 7) is 4.76. The smallest absolute Gasteiger partial charge is 0.254 e. The van der Waals surface area contributed by atoms with Gasteiger partial charge in [0.15, 0.2) is 0 Å². The molecule has 2 rings (SSSR count). The van der Waals surface area contributed by atoms with Crippen molar-refractivity contribution in [3.63, 3.8) is 0 Å². The van der Waals surface area contributed by atoms with Crippen LogP contribution in [0.15, 0.2) is 24.3 Å². The topological polar surface area (TPSA) is 32.8 Å². The van der Waals surface area contributed by atoms with Crippen molar-refractivity contribution >= 4 is 5.91 Å². The van der Waals surface area contributed by atoms with E-state index in [1.165, 1.54) is 0 Å². The first-order valence-electron chi connectivity index (χ1n) is 6.25. The van der Waals surface area contributed by atoms with Gasteiger partial charge in [0.2, 0.25) is 0 Å². The molecule has 1 amide bonds. The van der Waals surface area contributed by atoms with Gasteiger partial charge in [0.1, 0.15) is 5.75 Å². The molecule has 98 valence electrons. The average molecular weight is 248 g/mol. The third-order valence-electron chi connectivity index (χ3n) is 3.43. The molecule has 4 heteroatoms. The monoisotopic (exact) mass is 248 g/mol. The van der Waals surface area contributed by atoms with Crippen LogP contribution in [-0.4, -0.2) is 55.5 Å². The third-order valence-corrected chi connectivity index (χ3v) is 3.43. The maximum Gasteiger partial charge on any atom is 0.254 e. The number of hydrogen-bond donors (Lipinski definition) is 0. The highest BCUT2D eigenvalue weighted by atomic mass is 16.5. The van der Waals surface area contributed by atoms with E-state index in [1.807, 2.05) is 29.2 Å². The van der Waals surface area contributed by atoms with Gasteiger partial charge in [-0.1, -0.05) is 0 Å². The molecular weight excluding hydrogens is 228 g/mol. The fourth-order valence-corrected chi connectivity index (χ4v) is 2.34. The Bertz CT molecular complexity index is 416. The Morgan fingerprint density at radius 3 is 2.50 bits per heavy atom. The Kier molecular flexibility index (Phi) is 3.87. The van der Waals surface area contributed by atoms with Gasteiger partial charge in [-0.2, -0.15) is 0 Å². The van der Waals surface area contributed by atoms with Crippen LogP contribution in [0.5, 0.6) is 5.75 Å². The van der Waals surface area contributed by atoms with E-state index in [9.17, 15) is 4.79 Å². The summed E-state index contributed by atoms with van der Waals surface area (Å²) >= 11 is 0. The third kappa shape index (κ3) is 2.64. The maximum absolute atomic E-state index is 12.4. The second-order valence-electron chi connectivity index (χ2n) is 4.84. The zero-order chi connectivity index (χ0) is 13.1. The molecule has 0 spiro atoms. The SMILES string of the molecule is COc1ccc(C(=O)N2CCN(C)CC2C)cc1. The summed E-state index contributed by atoms with van der Waals surface area (Å²) < 4.78 is 5.10. The quantitative estimate of drug-likeness (QED) is 0.794. The van der Waals surface area contributed by atoms with E-state index in [1.54, 1.807) is 7.11 Å². The molecule has 1 atom stereocenters. The number of ether oxygens (including phenoxy) is 1. The van der Waals surface area contributed by atoms with Gasteiger partial charge in [-0.3, -0.25) is 4.79 Å². The molecular formula is C14H20N2O2. The van der Waals surface area contributed by atoms with Gasteiger partial charge in [0.05, 0.1) is 7.11 Å². The van der Waals surface area contributed by atoms with Crippen LogP contribution in [-0.2, 0) is 0 Å². The summed E-state index contributed by atoms with van der Waals surface area (Å²) in [4.78, 5) is 16.6. The van der Waals surface area contributed by atoms with Gasteiger partial charge >= 0.3 is 0 Å². The molecule has 4 nitrogen and oxygen atoms in total. The molecule has 1 saturated heterocycles. The predicted molar refractivity (Wildman–Crippen MR) is 71.0 cm³/mol. The molecule has 0 N–H and O–H groups in total. The lowest BCUT2D eigenvalue weighted by atomic mass is 10.1. The summed E-state index contributed by atoms with van der Waals surface area (Å²) in [6, 6.07) is 7.57. The predicted octanol–water partition coefficient (Wildman–Crippen LogP) is 1.47. The molecule has 0 bridgehead atoms. The largest absolute Gasteiger partial charge is 0.497 e. The van der Waals surface area contributed by atoms with E-state index in [4.69, 9.17) is 4.74 Å². The number of nitrogens with zero attached hydrogens (tertiary/aromatic N) is 2. The fourth-order valence-electron chi connectivity index (χ4n) is 2.34. The minimum atomic E-state index is 0.109. The van der Waals surface area contributed by atoms with Crippen molar-refractivity contribution < 1.29 is 9.53 Å². The Morgan fingerprint density at radius 2 is 1.94 bits per heavy atom. The van der Waals surface area contributed by atoms with Crippen LogP contribution < -0.4 is 4.74 Å². The van der Waals surface area contributed by atoms with Gasteiger partial charge in [-0.05, 0) is 38.2 Å². The lowest BCUT2D eigenvalue weighted by molar-refractivity contribution is 0.0533. The number of methoxy groups -OCH3 is 1. The number of hydrogen-bond acceptors (Lipinski definition) is 3. The normalized spacial score (nSPS) is 20.8. The van der Waals surface area contributed by atoms with E-state index in [-0.39, 0.29) is 11.9 Å². The summed E-state index contributed by atoms with van der Waals surface area (Å²) in [5.41, 5.74) is 0.729. The number of piperazine rings is 1. The highest BCUT2D eigenvalue weighted by Gasteiger charge is 2.26. The van der Waals surface area contributed by atoms with Crippen molar-refractivity contribution in [2.45, 2.75) is 13.0 Å². The lowest BCUT2D eigenvalue weighted by Gasteiger charge is -2.38. The number of benzene rings is 1. The molecule has 1 aromatic carbocycles. The number of carbonyl (C=O) groups excluding carboxylic acids is 1. The molecule has 0 aromatic heterocycles. The molecule has 0 radical (unpaired) electrons. The van der Waals surface area contributed by atoms with Crippen LogP contribution in [0, 0.1) is 0 Å². The summed E-state index contributed by atoms with van der Waals surface area (Å²) in [6.07, 6.45) is 0. The molecule has 1 aliphatic rings. The molecule has 1 heterocycles. The number of amides is 1. The molecule has 1 aliphatic heterocycles. The van der Waals surface area contributed by atoms with Crippen LogP contribution in [0.2, 0.25) is 0 Å². The number of likely N-dealkylation sites (N-methyl/N-ethyl adjacent to an activating group) is 1. The van der Waals surface area contributed by atoms with Gasteiger partial charge in [-0.25, -0.2) is 0 Å². The second kappa shape index (κ2) is 5.40. The Balaban J connectivity index is 2.10. The summed E-state index contributed by atoms with van der Waals surface area (Å²) in [5.74, 6) is 0.885. The van der Waals surface area contributed by atoms with Gasteiger partial charge in [0, 0.05) is 31.2 Å². The molecule has 1 aromatic rings.